The normalized spacial score (nSPS) is 10.7. The second-order valence-electron chi connectivity index (χ2n) is 3.55. The van der Waals surface area contributed by atoms with E-state index in [2.05, 4.69) is 4.98 Å². The number of non-ortho nitro benzene ring substituents is 1. The molecule has 0 unspecified atom stereocenters. The third-order valence-electron chi connectivity index (χ3n) is 2.31. The molecule has 5 heteroatoms. The van der Waals surface area contributed by atoms with Crippen LogP contribution in [0.4, 0.5) is 5.69 Å². The summed E-state index contributed by atoms with van der Waals surface area (Å²) in [6, 6.07) is 9.83. The zero-order chi connectivity index (χ0) is 13.0. The van der Waals surface area contributed by atoms with Crippen molar-refractivity contribution in [3.05, 3.63) is 69.0 Å². The van der Waals surface area contributed by atoms with Crippen LogP contribution in [0.5, 0.6) is 0 Å². The van der Waals surface area contributed by atoms with Crippen LogP contribution in [0, 0.1) is 10.1 Å². The Morgan fingerprint density at radius 2 is 2.06 bits per heavy atom. The van der Waals surface area contributed by atoms with Crippen LogP contribution in [-0.4, -0.2) is 9.91 Å². The van der Waals surface area contributed by atoms with Gasteiger partial charge in [-0.3, -0.25) is 15.1 Å². The molecule has 1 heterocycles. The number of benzene rings is 1. The van der Waals surface area contributed by atoms with E-state index in [1.807, 2.05) is 18.2 Å². The number of halogens is 1. The summed E-state index contributed by atoms with van der Waals surface area (Å²) in [5, 5.41) is 11.1. The van der Waals surface area contributed by atoms with Crippen molar-refractivity contribution in [2.45, 2.75) is 0 Å². The molecule has 0 atom stereocenters. The Hall–Kier alpha value is -2.20. The second-order valence-corrected chi connectivity index (χ2v) is 3.96. The fraction of sp³-hybridized carbons (Fsp3) is 0. The minimum atomic E-state index is -0.450. The van der Waals surface area contributed by atoms with Crippen LogP contribution >= 0.6 is 11.6 Å². The third-order valence-corrected chi connectivity index (χ3v) is 2.66. The van der Waals surface area contributed by atoms with Gasteiger partial charge < -0.3 is 0 Å². The first-order chi connectivity index (χ1) is 8.66. The van der Waals surface area contributed by atoms with Gasteiger partial charge in [-0.15, -0.1) is 0 Å². The van der Waals surface area contributed by atoms with Crippen molar-refractivity contribution in [1.29, 1.82) is 0 Å². The highest BCUT2D eigenvalue weighted by atomic mass is 35.5. The Labute approximate surface area is 109 Å². The Morgan fingerprint density at radius 1 is 1.22 bits per heavy atom. The summed E-state index contributed by atoms with van der Waals surface area (Å²) in [7, 11) is 0. The molecule has 0 bridgehead atoms. The van der Waals surface area contributed by atoms with Crippen molar-refractivity contribution < 1.29 is 4.92 Å². The Bertz CT molecular complexity index is 597. The summed E-state index contributed by atoms with van der Waals surface area (Å²) in [5.74, 6) is 0. The molecule has 1 aromatic heterocycles. The molecule has 0 aliphatic carbocycles. The van der Waals surface area contributed by atoms with E-state index in [1.54, 1.807) is 18.3 Å². The van der Waals surface area contributed by atoms with Crippen molar-refractivity contribution in [2.24, 2.45) is 0 Å². The van der Waals surface area contributed by atoms with Gasteiger partial charge in [0.2, 0.25) is 0 Å². The maximum atomic E-state index is 10.7. The van der Waals surface area contributed by atoms with Gasteiger partial charge >= 0.3 is 0 Å². The van der Waals surface area contributed by atoms with Crippen LogP contribution in [0.15, 0.2) is 42.6 Å². The van der Waals surface area contributed by atoms with Crippen molar-refractivity contribution in [2.75, 3.05) is 0 Å². The molecule has 0 saturated carbocycles. The molecule has 2 rings (SSSR count). The molecule has 0 radical (unpaired) electrons. The predicted octanol–water partition coefficient (Wildman–Crippen LogP) is 3.81. The minimum Gasteiger partial charge on any atom is -0.258 e. The summed E-state index contributed by atoms with van der Waals surface area (Å²) >= 11 is 5.97. The molecule has 0 N–H and O–H groups in total. The molecule has 0 aliphatic heterocycles. The van der Waals surface area contributed by atoms with E-state index in [9.17, 15) is 10.1 Å². The number of rotatable bonds is 3. The average Bonchev–Trinajstić information content (AvgIpc) is 2.38. The Kier molecular flexibility index (Phi) is 3.69. The molecule has 1 aromatic carbocycles. The fourth-order valence-corrected chi connectivity index (χ4v) is 1.60. The topological polar surface area (TPSA) is 56.0 Å². The zero-order valence-corrected chi connectivity index (χ0v) is 10.0. The van der Waals surface area contributed by atoms with Crippen molar-refractivity contribution >= 4 is 29.4 Å². The number of pyridine rings is 1. The highest BCUT2D eigenvalue weighted by Crippen LogP contribution is 2.23. The summed E-state index contributed by atoms with van der Waals surface area (Å²) in [4.78, 5) is 14.3. The van der Waals surface area contributed by atoms with Crippen LogP contribution in [0.3, 0.4) is 0 Å². The standard InChI is InChI=1S/C13H9ClN2O2/c14-13-7-6-12(16(17)18)9-10(13)4-5-11-3-1-2-8-15-11/h1-9H/b5-4+. The van der Waals surface area contributed by atoms with Gasteiger partial charge in [-0.1, -0.05) is 23.7 Å². The SMILES string of the molecule is O=[N+]([O-])c1ccc(Cl)c(/C=C/c2ccccn2)c1. The van der Waals surface area contributed by atoms with Gasteiger partial charge in [-0.25, -0.2) is 0 Å². The third kappa shape index (κ3) is 2.93. The minimum absolute atomic E-state index is 0.0140. The Balaban J connectivity index is 2.31. The lowest BCUT2D eigenvalue weighted by atomic mass is 10.1. The zero-order valence-electron chi connectivity index (χ0n) is 9.29. The molecule has 18 heavy (non-hydrogen) atoms. The number of nitro groups is 1. The molecule has 2 aromatic rings. The number of hydrogen-bond donors (Lipinski definition) is 0. The maximum Gasteiger partial charge on any atom is 0.270 e. The van der Waals surface area contributed by atoms with Crippen LogP contribution in [0.1, 0.15) is 11.3 Å². The molecular weight excluding hydrogens is 252 g/mol. The van der Waals surface area contributed by atoms with Crippen LogP contribution in [0.25, 0.3) is 12.2 Å². The van der Waals surface area contributed by atoms with Gasteiger partial charge in [-0.2, -0.15) is 0 Å². The largest absolute Gasteiger partial charge is 0.270 e. The molecule has 90 valence electrons. The molecule has 4 nitrogen and oxygen atoms in total. The quantitative estimate of drug-likeness (QED) is 0.623. The second kappa shape index (κ2) is 5.42. The van der Waals surface area contributed by atoms with E-state index in [0.29, 0.717) is 10.6 Å². The molecule has 0 fully saturated rings. The highest BCUT2D eigenvalue weighted by molar-refractivity contribution is 6.32. The van der Waals surface area contributed by atoms with Crippen LogP contribution in [0.2, 0.25) is 5.02 Å². The molecule has 0 amide bonds. The summed E-state index contributed by atoms with van der Waals surface area (Å²) < 4.78 is 0. The van der Waals surface area contributed by atoms with Crippen LogP contribution in [-0.2, 0) is 0 Å². The lowest BCUT2D eigenvalue weighted by molar-refractivity contribution is -0.384. The van der Waals surface area contributed by atoms with E-state index in [1.165, 1.54) is 18.2 Å². The predicted molar refractivity (Wildman–Crippen MR) is 71.3 cm³/mol. The van der Waals surface area contributed by atoms with Gasteiger partial charge in [0.25, 0.3) is 5.69 Å². The first kappa shape index (κ1) is 12.3. The molecule has 0 spiro atoms. The monoisotopic (exact) mass is 260 g/mol. The first-order valence-electron chi connectivity index (χ1n) is 5.20. The number of nitro benzene ring substituents is 1. The molecule has 0 aliphatic rings. The summed E-state index contributed by atoms with van der Waals surface area (Å²) in [6.07, 6.45) is 5.14. The smallest absolute Gasteiger partial charge is 0.258 e. The molecule has 0 saturated heterocycles. The van der Waals surface area contributed by atoms with E-state index in [0.717, 1.165) is 5.69 Å². The maximum absolute atomic E-state index is 10.7. The van der Waals surface area contributed by atoms with E-state index >= 15 is 0 Å². The van der Waals surface area contributed by atoms with Crippen molar-refractivity contribution in [3.63, 3.8) is 0 Å². The Morgan fingerprint density at radius 3 is 2.72 bits per heavy atom. The lowest BCUT2D eigenvalue weighted by Gasteiger charge is -1.98. The number of nitrogens with zero attached hydrogens (tertiary/aromatic N) is 2. The van der Waals surface area contributed by atoms with Gasteiger partial charge in [0.05, 0.1) is 10.6 Å². The van der Waals surface area contributed by atoms with E-state index in [4.69, 9.17) is 11.6 Å². The van der Waals surface area contributed by atoms with Gasteiger partial charge in [-0.05, 0) is 29.8 Å². The number of hydrogen-bond acceptors (Lipinski definition) is 3. The number of aromatic nitrogens is 1. The fourth-order valence-electron chi connectivity index (χ4n) is 1.42. The molecular formula is C13H9ClN2O2. The highest BCUT2D eigenvalue weighted by Gasteiger charge is 2.07. The van der Waals surface area contributed by atoms with Gasteiger partial charge in [0, 0.05) is 23.4 Å². The van der Waals surface area contributed by atoms with Crippen molar-refractivity contribution in [1.82, 2.24) is 4.98 Å². The van der Waals surface area contributed by atoms with Gasteiger partial charge in [0.15, 0.2) is 0 Å². The first-order valence-corrected chi connectivity index (χ1v) is 5.57. The van der Waals surface area contributed by atoms with Gasteiger partial charge in [0.1, 0.15) is 0 Å². The van der Waals surface area contributed by atoms with E-state index in [-0.39, 0.29) is 5.69 Å². The summed E-state index contributed by atoms with van der Waals surface area (Å²) in [6.45, 7) is 0. The van der Waals surface area contributed by atoms with Crippen LogP contribution < -0.4 is 0 Å². The van der Waals surface area contributed by atoms with Crippen molar-refractivity contribution in [3.8, 4) is 0 Å². The average molecular weight is 261 g/mol. The summed E-state index contributed by atoms with van der Waals surface area (Å²) in [5.41, 5.74) is 1.37. The lowest BCUT2D eigenvalue weighted by Crippen LogP contribution is -1.88. The van der Waals surface area contributed by atoms with E-state index < -0.39 is 4.92 Å².